The van der Waals surface area contributed by atoms with Gasteiger partial charge in [0.15, 0.2) is 4.73 Å². The van der Waals surface area contributed by atoms with E-state index in [9.17, 15) is 0 Å². The Morgan fingerprint density at radius 1 is 1.20 bits per heavy atom. The van der Waals surface area contributed by atoms with Gasteiger partial charge in [-0.15, -0.1) is 0 Å². The van der Waals surface area contributed by atoms with Gasteiger partial charge in [-0.25, -0.2) is 9.97 Å². The monoisotopic (exact) mass is 263 g/mol. The van der Waals surface area contributed by atoms with Crippen LogP contribution in [-0.4, -0.2) is 16.0 Å². The summed E-state index contributed by atoms with van der Waals surface area (Å²) in [5, 5.41) is 4.51. The first-order valence-corrected chi connectivity index (χ1v) is 5.81. The van der Waals surface area contributed by atoms with Gasteiger partial charge in [-0.1, -0.05) is 12.1 Å². The summed E-state index contributed by atoms with van der Waals surface area (Å²) in [6.07, 6.45) is 2.49. The quantitative estimate of drug-likeness (QED) is 0.847. The molecule has 1 aromatic heterocycles. The van der Waals surface area contributed by atoms with Gasteiger partial charge >= 0.3 is 0 Å². The standard InChI is InChI=1S/C11H10BrN3/c12-11-14-9-4-2-1-3-8(9)10(15-11)13-7-5-6-7/h1-4,7H,5-6H2,(H,13,14,15). The number of nitrogens with one attached hydrogen (secondary N) is 1. The van der Waals surface area contributed by atoms with E-state index in [-0.39, 0.29) is 0 Å². The van der Waals surface area contributed by atoms with Crippen LogP contribution in [0.3, 0.4) is 0 Å². The average molecular weight is 264 g/mol. The minimum atomic E-state index is 0.607. The Hall–Kier alpha value is -1.16. The Morgan fingerprint density at radius 2 is 2.00 bits per heavy atom. The fourth-order valence-electron chi connectivity index (χ4n) is 1.58. The Morgan fingerprint density at radius 3 is 2.80 bits per heavy atom. The number of benzene rings is 1. The summed E-state index contributed by atoms with van der Waals surface area (Å²) in [6, 6.07) is 8.65. The third-order valence-corrected chi connectivity index (χ3v) is 2.85. The van der Waals surface area contributed by atoms with E-state index in [0.717, 1.165) is 16.7 Å². The molecule has 3 nitrogen and oxygen atoms in total. The molecule has 0 unspecified atom stereocenters. The lowest BCUT2D eigenvalue weighted by Gasteiger charge is -2.07. The second-order valence-electron chi connectivity index (χ2n) is 3.78. The Kier molecular flexibility index (Phi) is 2.09. The van der Waals surface area contributed by atoms with Gasteiger partial charge in [0.25, 0.3) is 0 Å². The van der Waals surface area contributed by atoms with Gasteiger partial charge in [0.2, 0.25) is 0 Å². The molecular weight excluding hydrogens is 254 g/mol. The van der Waals surface area contributed by atoms with Crippen molar-refractivity contribution < 1.29 is 0 Å². The van der Waals surface area contributed by atoms with Crippen LogP contribution in [0, 0.1) is 0 Å². The number of hydrogen-bond acceptors (Lipinski definition) is 3. The number of rotatable bonds is 2. The predicted octanol–water partition coefficient (Wildman–Crippen LogP) is 2.97. The Labute approximate surface area is 96.1 Å². The first-order valence-electron chi connectivity index (χ1n) is 5.02. The summed E-state index contributed by atoms with van der Waals surface area (Å²) >= 11 is 3.33. The van der Waals surface area contributed by atoms with Gasteiger partial charge < -0.3 is 5.32 Å². The lowest BCUT2D eigenvalue weighted by Crippen LogP contribution is -2.04. The van der Waals surface area contributed by atoms with Crippen LogP contribution in [-0.2, 0) is 0 Å². The SMILES string of the molecule is Brc1nc(NC2CC2)c2ccccc2n1. The van der Waals surface area contributed by atoms with Crippen LogP contribution in [0.4, 0.5) is 5.82 Å². The molecule has 0 atom stereocenters. The number of nitrogens with zero attached hydrogens (tertiary/aromatic N) is 2. The highest BCUT2D eigenvalue weighted by atomic mass is 79.9. The maximum Gasteiger partial charge on any atom is 0.199 e. The molecule has 15 heavy (non-hydrogen) atoms. The molecule has 1 aliphatic carbocycles. The zero-order chi connectivity index (χ0) is 10.3. The minimum absolute atomic E-state index is 0.607. The van der Waals surface area contributed by atoms with E-state index >= 15 is 0 Å². The molecule has 1 heterocycles. The third kappa shape index (κ3) is 1.81. The molecule has 0 radical (unpaired) electrons. The van der Waals surface area contributed by atoms with E-state index in [2.05, 4.69) is 31.2 Å². The second kappa shape index (κ2) is 3.45. The fourth-order valence-corrected chi connectivity index (χ4v) is 1.95. The summed E-state index contributed by atoms with van der Waals surface area (Å²) in [5.41, 5.74) is 0.975. The largest absolute Gasteiger partial charge is 0.367 e. The second-order valence-corrected chi connectivity index (χ2v) is 4.49. The van der Waals surface area contributed by atoms with Crippen LogP contribution in [0.15, 0.2) is 29.0 Å². The molecule has 76 valence electrons. The molecule has 1 N–H and O–H groups in total. The Bertz CT molecular complexity index is 508. The molecule has 2 aromatic rings. The predicted molar refractivity (Wildman–Crippen MR) is 63.9 cm³/mol. The first-order chi connectivity index (χ1) is 7.33. The van der Waals surface area contributed by atoms with Crippen molar-refractivity contribution in [2.75, 3.05) is 5.32 Å². The zero-order valence-corrected chi connectivity index (χ0v) is 9.66. The van der Waals surface area contributed by atoms with Crippen LogP contribution >= 0.6 is 15.9 Å². The molecule has 3 rings (SSSR count). The van der Waals surface area contributed by atoms with Gasteiger partial charge in [0.1, 0.15) is 5.82 Å². The number of anilines is 1. The lowest BCUT2D eigenvalue weighted by atomic mass is 10.2. The average Bonchev–Trinajstić information content (AvgIpc) is 3.01. The number of aromatic nitrogens is 2. The van der Waals surface area contributed by atoms with Gasteiger partial charge in [0, 0.05) is 11.4 Å². The van der Waals surface area contributed by atoms with Gasteiger partial charge in [0.05, 0.1) is 5.52 Å². The van der Waals surface area contributed by atoms with E-state index in [4.69, 9.17) is 0 Å². The van der Waals surface area contributed by atoms with Gasteiger partial charge in [-0.2, -0.15) is 0 Å². The number of hydrogen-bond donors (Lipinski definition) is 1. The lowest BCUT2D eigenvalue weighted by molar-refractivity contribution is 1.08. The van der Waals surface area contributed by atoms with Crippen molar-refractivity contribution in [2.24, 2.45) is 0 Å². The highest BCUT2D eigenvalue weighted by molar-refractivity contribution is 9.10. The summed E-state index contributed by atoms with van der Waals surface area (Å²) in [7, 11) is 0. The van der Waals surface area contributed by atoms with E-state index in [1.165, 1.54) is 12.8 Å². The normalized spacial score (nSPS) is 15.5. The van der Waals surface area contributed by atoms with Crippen LogP contribution in [0.25, 0.3) is 10.9 Å². The van der Waals surface area contributed by atoms with Crippen LogP contribution < -0.4 is 5.32 Å². The van der Waals surface area contributed by atoms with Crippen LogP contribution in [0.2, 0.25) is 0 Å². The van der Waals surface area contributed by atoms with E-state index in [1.54, 1.807) is 0 Å². The maximum absolute atomic E-state index is 4.38. The molecule has 0 aliphatic heterocycles. The molecule has 1 saturated carbocycles. The number of para-hydroxylation sites is 1. The van der Waals surface area contributed by atoms with E-state index in [0.29, 0.717) is 10.8 Å². The van der Waals surface area contributed by atoms with E-state index in [1.807, 2.05) is 24.3 Å². The summed E-state index contributed by atoms with van der Waals surface area (Å²) < 4.78 is 0.643. The molecule has 4 heteroatoms. The smallest absolute Gasteiger partial charge is 0.199 e. The highest BCUT2D eigenvalue weighted by Gasteiger charge is 2.22. The Balaban J connectivity index is 2.16. The molecule has 1 aromatic carbocycles. The topological polar surface area (TPSA) is 37.8 Å². The van der Waals surface area contributed by atoms with Crippen molar-refractivity contribution in [2.45, 2.75) is 18.9 Å². The van der Waals surface area contributed by atoms with Crippen molar-refractivity contribution in [1.29, 1.82) is 0 Å². The molecule has 0 saturated heterocycles. The number of halogens is 1. The van der Waals surface area contributed by atoms with Crippen LogP contribution in [0.5, 0.6) is 0 Å². The highest BCUT2D eigenvalue weighted by Crippen LogP contribution is 2.28. The minimum Gasteiger partial charge on any atom is -0.367 e. The van der Waals surface area contributed by atoms with Crippen molar-refractivity contribution >= 4 is 32.7 Å². The molecule has 1 fully saturated rings. The summed E-state index contributed by atoms with van der Waals surface area (Å²) in [5.74, 6) is 0.940. The van der Waals surface area contributed by atoms with Crippen molar-refractivity contribution in [3.63, 3.8) is 0 Å². The molecule has 1 aliphatic rings. The summed E-state index contributed by atoms with van der Waals surface area (Å²) in [6.45, 7) is 0. The first kappa shape index (κ1) is 9.09. The molecule has 0 spiro atoms. The van der Waals surface area contributed by atoms with Gasteiger partial charge in [-0.05, 0) is 40.9 Å². The third-order valence-electron chi connectivity index (χ3n) is 2.49. The molecule has 0 bridgehead atoms. The van der Waals surface area contributed by atoms with Crippen molar-refractivity contribution in [3.8, 4) is 0 Å². The molecular formula is C11H10BrN3. The van der Waals surface area contributed by atoms with Crippen molar-refractivity contribution in [3.05, 3.63) is 29.0 Å². The van der Waals surface area contributed by atoms with Gasteiger partial charge in [-0.3, -0.25) is 0 Å². The van der Waals surface area contributed by atoms with Crippen molar-refractivity contribution in [1.82, 2.24) is 9.97 Å². The zero-order valence-electron chi connectivity index (χ0n) is 8.07. The molecule has 0 amide bonds. The fraction of sp³-hybridized carbons (Fsp3) is 0.273. The van der Waals surface area contributed by atoms with Crippen LogP contribution in [0.1, 0.15) is 12.8 Å². The maximum atomic E-state index is 4.38. The number of fused-ring (bicyclic) bond motifs is 1. The summed E-state index contributed by atoms with van der Waals surface area (Å²) in [4.78, 5) is 8.71. The van der Waals surface area contributed by atoms with E-state index < -0.39 is 0 Å².